The SMILES string of the molecule is CC(Nc1ccc(I)cc1Cl)c1ccccc1Cl. The lowest BCUT2D eigenvalue weighted by molar-refractivity contribution is 0.885. The topological polar surface area (TPSA) is 12.0 Å². The maximum Gasteiger partial charge on any atom is 0.0648 e. The van der Waals surface area contributed by atoms with Crippen LogP contribution in [-0.4, -0.2) is 0 Å². The summed E-state index contributed by atoms with van der Waals surface area (Å²) >= 11 is 14.6. The second kappa shape index (κ2) is 6.13. The van der Waals surface area contributed by atoms with Crippen LogP contribution in [0, 0.1) is 3.57 Å². The van der Waals surface area contributed by atoms with Crippen LogP contribution in [0.25, 0.3) is 0 Å². The Bertz CT molecular complexity index is 557. The molecule has 2 aromatic rings. The van der Waals surface area contributed by atoms with E-state index in [2.05, 4.69) is 34.8 Å². The summed E-state index contributed by atoms with van der Waals surface area (Å²) in [6.07, 6.45) is 0. The van der Waals surface area contributed by atoms with Crippen LogP contribution in [0.2, 0.25) is 10.0 Å². The van der Waals surface area contributed by atoms with Crippen molar-refractivity contribution in [3.8, 4) is 0 Å². The van der Waals surface area contributed by atoms with Crippen LogP contribution in [-0.2, 0) is 0 Å². The molecule has 2 rings (SSSR count). The van der Waals surface area contributed by atoms with Crippen LogP contribution in [0.4, 0.5) is 5.69 Å². The molecule has 0 aliphatic rings. The quantitative estimate of drug-likeness (QED) is 0.654. The third kappa shape index (κ3) is 3.31. The van der Waals surface area contributed by atoms with Crippen molar-refractivity contribution in [1.82, 2.24) is 0 Å². The highest BCUT2D eigenvalue weighted by atomic mass is 127. The number of anilines is 1. The van der Waals surface area contributed by atoms with Crippen LogP contribution in [0.15, 0.2) is 42.5 Å². The van der Waals surface area contributed by atoms with Gasteiger partial charge < -0.3 is 5.32 Å². The van der Waals surface area contributed by atoms with E-state index in [0.717, 1.165) is 24.9 Å². The van der Waals surface area contributed by atoms with Gasteiger partial charge in [0, 0.05) is 8.59 Å². The standard InChI is InChI=1S/C14H12Cl2IN/c1-9(11-4-2-3-5-12(11)15)18-14-7-6-10(17)8-13(14)16/h2-9,18H,1H3. The first-order valence-corrected chi connectivity index (χ1v) is 7.37. The van der Waals surface area contributed by atoms with Crippen molar-refractivity contribution in [1.29, 1.82) is 0 Å². The lowest BCUT2D eigenvalue weighted by atomic mass is 10.1. The Morgan fingerprint density at radius 3 is 2.44 bits per heavy atom. The van der Waals surface area contributed by atoms with Gasteiger partial charge in [-0.1, -0.05) is 41.4 Å². The van der Waals surface area contributed by atoms with Gasteiger partial charge in [-0.15, -0.1) is 0 Å². The molecule has 0 aromatic heterocycles. The normalized spacial score (nSPS) is 12.2. The second-order valence-corrected chi connectivity index (χ2v) is 6.07. The zero-order chi connectivity index (χ0) is 13.1. The first kappa shape index (κ1) is 14.0. The summed E-state index contributed by atoms with van der Waals surface area (Å²) < 4.78 is 1.12. The molecule has 18 heavy (non-hydrogen) atoms. The molecule has 1 nitrogen and oxygen atoms in total. The largest absolute Gasteiger partial charge is 0.377 e. The number of hydrogen-bond donors (Lipinski definition) is 1. The Balaban J connectivity index is 2.21. The van der Waals surface area contributed by atoms with Gasteiger partial charge in [-0.2, -0.15) is 0 Å². The minimum Gasteiger partial charge on any atom is -0.377 e. The first-order chi connectivity index (χ1) is 8.58. The third-order valence-corrected chi connectivity index (χ3v) is 4.00. The highest BCUT2D eigenvalue weighted by molar-refractivity contribution is 14.1. The van der Waals surface area contributed by atoms with E-state index in [0.29, 0.717) is 0 Å². The molecule has 0 amide bonds. The minimum absolute atomic E-state index is 0.108. The lowest BCUT2D eigenvalue weighted by Crippen LogP contribution is -2.07. The van der Waals surface area contributed by atoms with Gasteiger partial charge in [0.1, 0.15) is 0 Å². The molecule has 0 aliphatic heterocycles. The third-order valence-electron chi connectivity index (χ3n) is 2.67. The average molecular weight is 392 g/mol. The Morgan fingerprint density at radius 2 is 1.78 bits per heavy atom. The lowest BCUT2D eigenvalue weighted by Gasteiger charge is -2.18. The van der Waals surface area contributed by atoms with Gasteiger partial charge >= 0.3 is 0 Å². The fourth-order valence-electron chi connectivity index (χ4n) is 1.74. The molecule has 0 saturated heterocycles. The molecule has 1 N–H and O–H groups in total. The summed E-state index contributed by atoms with van der Waals surface area (Å²) in [6.45, 7) is 2.06. The summed E-state index contributed by atoms with van der Waals surface area (Å²) in [5.74, 6) is 0. The van der Waals surface area contributed by atoms with E-state index in [-0.39, 0.29) is 6.04 Å². The zero-order valence-electron chi connectivity index (χ0n) is 9.75. The molecule has 0 spiro atoms. The van der Waals surface area contributed by atoms with E-state index in [9.17, 15) is 0 Å². The maximum atomic E-state index is 6.20. The summed E-state index contributed by atoms with van der Waals surface area (Å²) in [4.78, 5) is 0. The Labute approximate surface area is 131 Å². The zero-order valence-corrected chi connectivity index (χ0v) is 13.4. The Hall–Kier alpha value is -0.450. The van der Waals surface area contributed by atoms with Crippen molar-refractivity contribution < 1.29 is 0 Å². The molecule has 0 saturated carbocycles. The molecule has 2 aromatic carbocycles. The molecular formula is C14H12Cl2IN. The summed E-state index contributed by atoms with van der Waals surface area (Å²) in [6, 6.07) is 13.9. The van der Waals surface area contributed by atoms with Crippen LogP contribution < -0.4 is 5.32 Å². The molecule has 0 fully saturated rings. The molecule has 0 heterocycles. The molecule has 4 heteroatoms. The highest BCUT2D eigenvalue weighted by Gasteiger charge is 2.10. The van der Waals surface area contributed by atoms with Crippen molar-refractivity contribution in [3.63, 3.8) is 0 Å². The summed E-state index contributed by atoms with van der Waals surface area (Å²) in [7, 11) is 0. The Morgan fingerprint density at radius 1 is 1.06 bits per heavy atom. The summed E-state index contributed by atoms with van der Waals surface area (Å²) in [5, 5.41) is 4.86. The van der Waals surface area contributed by atoms with E-state index in [1.54, 1.807) is 0 Å². The average Bonchev–Trinajstić information content (AvgIpc) is 2.33. The van der Waals surface area contributed by atoms with Gasteiger partial charge in [0.15, 0.2) is 0 Å². The predicted molar refractivity (Wildman–Crippen MR) is 87.7 cm³/mol. The van der Waals surface area contributed by atoms with E-state index in [4.69, 9.17) is 23.2 Å². The second-order valence-electron chi connectivity index (χ2n) is 4.01. The fraction of sp³-hybridized carbons (Fsp3) is 0.143. The predicted octanol–water partition coefficient (Wildman–Crippen LogP) is 5.77. The van der Waals surface area contributed by atoms with Crippen LogP contribution >= 0.6 is 45.8 Å². The van der Waals surface area contributed by atoms with Crippen LogP contribution in [0.3, 0.4) is 0 Å². The van der Waals surface area contributed by atoms with Gasteiger partial charge in [-0.25, -0.2) is 0 Å². The van der Waals surface area contributed by atoms with Gasteiger partial charge in [-0.05, 0) is 59.3 Å². The molecule has 94 valence electrons. The number of nitrogens with one attached hydrogen (secondary N) is 1. The fourth-order valence-corrected chi connectivity index (χ4v) is 2.95. The van der Waals surface area contributed by atoms with Crippen molar-refractivity contribution in [2.75, 3.05) is 5.32 Å². The van der Waals surface area contributed by atoms with Gasteiger partial charge in [0.2, 0.25) is 0 Å². The molecule has 0 bridgehead atoms. The maximum absolute atomic E-state index is 6.20. The van der Waals surface area contributed by atoms with E-state index in [1.165, 1.54) is 0 Å². The minimum atomic E-state index is 0.108. The molecular weight excluding hydrogens is 380 g/mol. The van der Waals surface area contributed by atoms with Crippen LogP contribution in [0.5, 0.6) is 0 Å². The number of benzene rings is 2. The van der Waals surface area contributed by atoms with Crippen molar-refractivity contribution >= 4 is 51.5 Å². The van der Waals surface area contributed by atoms with Gasteiger partial charge in [-0.3, -0.25) is 0 Å². The Kier molecular flexibility index (Phi) is 4.76. The number of halogens is 3. The van der Waals surface area contributed by atoms with E-state index in [1.807, 2.05) is 42.5 Å². The highest BCUT2D eigenvalue weighted by Crippen LogP contribution is 2.30. The molecule has 1 atom stereocenters. The number of hydrogen-bond acceptors (Lipinski definition) is 1. The molecule has 0 aliphatic carbocycles. The van der Waals surface area contributed by atoms with E-state index >= 15 is 0 Å². The monoisotopic (exact) mass is 391 g/mol. The first-order valence-electron chi connectivity index (χ1n) is 5.54. The molecule has 0 radical (unpaired) electrons. The van der Waals surface area contributed by atoms with E-state index < -0.39 is 0 Å². The smallest absolute Gasteiger partial charge is 0.0648 e. The number of rotatable bonds is 3. The van der Waals surface area contributed by atoms with Crippen LogP contribution in [0.1, 0.15) is 18.5 Å². The summed E-state index contributed by atoms with van der Waals surface area (Å²) in [5.41, 5.74) is 1.98. The van der Waals surface area contributed by atoms with Crippen molar-refractivity contribution in [2.45, 2.75) is 13.0 Å². The van der Waals surface area contributed by atoms with Crippen molar-refractivity contribution in [3.05, 3.63) is 61.6 Å². The van der Waals surface area contributed by atoms with Gasteiger partial charge in [0.05, 0.1) is 16.8 Å². The molecule has 1 unspecified atom stereocenters. The van der Waals surface area contributed by atoms with Crippen molar-refractivity contribution in [2.24, 2.45) is 0 Å². The van der Waals surface area contributed by atoms with Gasteiger partial charge in [0.25, 0.3) is 0 Å².